The van der Waals surface area contributed by atoms with Crippen LogP contribution < -0.4 is 5.32 Å². The molecule has 0 unspecified atom stereocenters. The van der Waals surface area contributed by atoms with Crippen LogP contribution in [0.15, 0.2) is 60.7 Å². The molecule has 1 saturated heterocycles. The van der Waals surface area contributed by atoms with Gasteiger partial charge in [0, 0.05) is 13.6 Å². The van der Waals surface area contributed by atoms with Crippen molar-refractivity contribution in [1.29, 1.82) is 0 Å². The first-order valence-corrected chi connectivity index (χ1v) is 15.6. The monoisotopic (exact) mass is 548 g/mol. The van der Waals surface area contributed by atoms with Gasteiger partial charge in [0.2, 0.25) is 5.91 Å². The largest absolute Gasteiger partial charge is 0.454 e. The average Bonchev–Trinajstić information content (AvgIpc) is 2.86. The number of ether oxygens (including phenoxy) is 1. The molecule has 2 aromatic rings. The van der Waals surface area contributed by atoms with E-state index in [-0.39, 0.29) is 17.1 Å². The maximum atomic E-state index is 15.0. The molecule has 5 atom stereocenters. The Morgan fingerprint density at radius 1 is 1.03 bits per heavy atom. The second-order valence-corrected chi connectivity index (χ2v) is 15.9. The van der Waals surface area contributed by atoms with Crippen LogP contribution in [0.1, 0.15) is 36.7 Å². The number of alkyl halides is 2. The number of hydrogen-bond acceptors (Lipinski definition) is 6. The summed E-state index contributed by atoms with van der Waals surface area (Å²) in [6, 6.07) is 13.8. The zero-order valence-corrected chi connectivity index (χ0v) is 23.7. The van der Waals surface area contributed by atoms with Crippen molar-refractivity contribution in [3.8, 4) is 0 Å². The summed E-state index contributed by atoms with van der Waals surface area (Å²) >= 11 is 0. The second-order valence-electron chi connectivity index (χ2n) is 11.1. The van der Waals surface area contributed by atoms with Gasteiger partial charge in [-0.2, -0.15) is 0 Å². The Bertz CT molecular complexity index is 1080. The second kappa shape index (κ2) is 12.0. The Morgan fingerprint density at radius 2 is 1.58 bits per heavy atom. The number of carbonyl (C=O) groups is 2. The highest BCUT2D eigenvalue weighted by Crippen LogP contribution is 2.41. The van der Waals surface area contributed by atoms with Crippen LogP contribution in [0.2, 0.25) is 18.1 Å². The number of amides is 1. The van der Waals surface area contributed by atoms with Crippen molar-refractivity contribution in [3.63, 3.8) is 0 Å². The number of nitrogens with zero attached hydrogens (tertiary/aromatic N) is 1. The number of esters is 1. The third-order valence-corrected chi connectivity index (χ3v) is 12.0. The van der Waals surface area contributed by atoms with Crippen molar-refractivity contribution in [2.45, 2.75) is 82.3 Å². The topological polar surface area (TPSA) is 88.1 Å². The van der Waals surface area contributed by atoms with E-state index in [0.717, 1.165) is 0 Å². The maximum Gasteiger partial charge on any atom is 0.338 e. The number of likely N-dealkylation sites (tertiary alicyclic amines) is 1. The number of piperidine rings is 1. The first-order chi connectivity index (χ1) is 17.8. The van der Waals surface area contributed by atoms with Gasteiger partial charge in [-0.15, -0.1) is 0 Å². The molecule has 1 heterocycles. The molecule has 0 aromatic heterocycles. The summed E-state index contributed by atoms with van der Waals surface area (Å²) < 4.78 is 42.2. The van der Waals surface area contributed by atoms with E-state index in [1.165, 1.54) is 24.1 Å². The Hall–Kier alpha value is -2.66. The highest BCUT2D eigenvalue weighted by molar-refractivity contribution is 6.74. The van der Waals surface area contributed by atoms with Crippen molar-refractivity contribution in [2.24, 2.45) is 0 Å². The van der Waals surface area contributed by atoms with E-state index < -0.39 is 57.0 Å². The molecule has 208 valence electrons. The minimum Gasteiger partial charge on any atom is -0.454 e. The molecule has 2 aromatic carbocycles. The molecule has 1 amide bonds. The molecule has 7 nitrogen and oxygen atoms in total. The average molecular weight is 549 g/mol. The van der Waals surface area contributed by atoms with E-state index in [1.807, 2.05) is 33.9 Å². The summed E-state index contributed by atoms with van der Waals surface area (Å²) in [7, 11) is -1.30. The normalized spacial score (nSPS) is 24.7. The molecular formula is C28H38F2N2O5Si. The van der Waals surface area contributed by atoms with Gasteiger partial charge in [-0.25, -0.2) is 13.6 Å². The van der Waals surface area contributed by atoms with Crippen LogP contribution in [0.5, 0.6) is 0 Å². The van der Waals surface area contributed by atoms with Crippen LogP contribution >= 0.6 is 0 Å². The molecule has 0 aliphatic carbocycles. The summed E-state index contributed by atoms with van der Waals surface area (Å²) in [5.41, 5.74) is 0.847. The Kier molecular flexibility index (Phi) is 9.46. The van der Waals surface area contributed by atoms with Gasteiger partial charge < -0.3 is 19.6 Å². The fourth-order valence-corrected chi connectivity index (χ4v) is 5.74. The Labute approximate surface area is 224 Å². The molecule has 0 saturated carbocycles. The molecular weight excluding hydrogens is 510 g/mol. The van der Waals surface area contributed by atoms with Gasteiger partial charge in [0.05, 0.1) is 5.56 Å². The predicted molar refractivity (Wildman–Crippen MR) is 143 cm³/mol. The van der Waals surface area contributed by atoms with Crippen LogP contribution in [0.3, 0.4) is 0 Å². The SMILES string of the molecule is CNC(=O)[C@@H]1[C@@H](O)[C@@H](O[Si](C)(C)C(C)(C)C)[C@H](OC(=O)c2ccccc2)[C@@H](C(F)F)N1Cc1ccccc1. The number of likely N-dealkylation sites (N-methyl/N-ethyl adjacent to an activating group) is 1. The predicted octanol–water partition coefficient (Wildman–Crippen LogP) is 4.23. The third kappa shape index (κ3) is 6.48. The quantitative estimate of drug-likeness (QED) is 0.379. The van der Waals surface area contributed by atoms with Gasteiger partial charge in [0.1, 0.15) is 24.3 Å². The number of hydrogen-bond donors (Lipinski definition) is 2. The molecule has 1 aliphatic heterocycles. The van der Waals surface area contributed by atoms with Crippen molar-refractivity contribution < 1.29 is 32.6 Å². The molecule has 0 spiro atoms. The lowest BCUT2D eigenvalue weighted by Gasteiger charge is -2.52. The van der Waals surface area contributed by atoms with Crippen LogP contribution in [0.4, 0.5) is 8.78 Å². The summed E-state index contributed by atoms with van der Waals surface area (Å²) in [5, 5.41) is 13.8. The standard InChI is InChI=1S/C28H38F2N2O5Si/c1-28(2,3)38(5,6)37-24-22(33)20(26(34)31-4)32(17-18-13-9-7-10-14-18)21(25(29)30)23(24)36-27(35)19-15-11-8-12-16-19/h7-16,20-25,33H,17H2,1-6H3,(H,31,34)/t20-,21-,22+,23+,24+/m0/s1. The number of benzene rings is 2. The van der Waals surface area contributed by atoms with Crippen molar-refractivity contribution in [3.05, 3.63) is 71.8 Å². The van der Waals surface area contributed by atoms with Crippen LogP contribution in [-0.4, -0.2) is 74.1 Å². The lowest BCUT2D eigenvalue weighted by Crippen LogP contribution is -2.73. The molecule has 38 heavy (non-hydrogen) atoms. The van der Waals surface area contributed by atoms with E-state index in [4.69, 9.17) is 9.16 Å². The molecule has 1 aliphatic rings. The molecule has 3 rings (SSSR count). The number of carbonyl (C=O) groups excluding carboxylic acids is 2. The first-order valence-electron chi connectivity index (χ1n) is 12.7. The lowest BCUT2D eigenvalue weighted by molar-refractivity contribution is -0.191. The fourth-order valence-electron chi connectivity index (χ4n) is 4.43. The van der Waals surface area contributed by atoms with Crippen LogP contribution in [0, 0.1) is 0 Å². The Balaban J connectivity index is 2.14. The van der Waals surface area contributed by atoms with E-state index in [2.05, 4.69) is 5.32 Å². The van der Waals surface area contributed by atoms with Crippen molar-refractivity contribution >= 4 is 20.2 Å². The lowest BCUT2D eigenvalue weighted by atomic mass is 9.86. The third-order valence-electron chi connectivity index (χ3n) is 7.53. The van der Waals surface area contributed by atoms with Gasteiger partial charge in [-0.05, 0) is 35.8 Å². The number of rotatable bonds is 8. The summed E-state index contributed by atoms with van der Waals surface area (Å²) in [4.78, 5) is 27.5. The number of halogens is 2. The zero-order valence-electron chi connectivity index (χ0n) is 22.7. The Morgan fingerprint density at radius 3 is 2.08 bits per heavy atom. The molecule has 10 heteroatoms. The van der Waals surface area contributed by atoms with Crippen molar-refractivity contribution in [1.82, 2.24) is 10.2 Å². The van der Waals surface area contributed by atoms with Gasteiger partial charge in [0.25, 0.3) is 6.43 Å². The number of nitrogens with one attached hydrogen (secondary N) is 1. The number of aliphatic hydroxyl groups is 1. The summed E-state index contributed by atoms with van der Waals surface area (Å²) in [5.74, 6) is -1.44. The summed E-state index contributed by atoms with van der Waals surface area (Å²) in [6.07, 6.45) is -7.46. The van der Waals surface area contributed by atoms with E-state index in [9.17, 15) is 23.5 Å². The van der Waals surface area contributed by atoms with Gasteiger partial charge in [-0.3, -0.25) is 9.69 Å². The van der Waals surface area contributed by atoms with Gasteiger partial charge in [-0.1, -0.05) is 69.3 Å². The minimum absolute atomic E-state index is 0.0722. The van der Waals surface area contributed by atoms with Crippen LogP contribution in [0.25, 0.3) is 0 Å². The summed E-state index contributed by atoms with van der Waals surface area (Å²) in [6.45, 7) is 9.68. The van der Waals surface area contributed by atoms with Crippen LogP contribution in [-0.2, 0) is 20.5 Å². The van der Waals surface area contributed by atoms with E-state index in [0.29, 0.717) is 5.56 Å². The zero-order chi connectivity index (χ0) is 28.3. The number of aliphatic hydroxyl groups excluding tert-OH is 1. The highest BCUT2D eigenvalue weighted by Gasteiger charge is 2.58. The highest BCUT2D eigenvalue weighted by atomic mass is 28.4. The van der Waals surface area contributed by atoms with E-state index >= 15 is 0 Å². The van der Waals surface area contributed by atoms with Gasteiger partial charge >= 0.3 is 5.97 Å². The smallest absolute Gasteiger partial charge is 0.338 e. The molecule has 1 fully saturated rings. The van der Waals surface area contributed by atoms with Gasteiger partial charge in [0.15, 0.2) is 14.4 Å². The minimum atomic E-state index is -3.02. The van der Waals surface area contributed by atoms with Crippen molar-refractivity contribution in [2.75, 3.05) is 7.05 Å². The van der Waals surface area contributed by atoms with E-state index in [1.54, 1.807) is 48.5 Å². The first kappa shape index (κ1) is 29.9. The molecule has 0 bridgehead atoms. The molecule has 2 N–H and O–H groups in total. The maximum absolute atomic E-state index is 15.0. The fraction of sp³-hybridized carbons (Fsp3) is 0.500. The molecule has 0 radical (unpaired) electrons.